The van der Waals surface area contributed by atoms with Gasteiger partial charge in [0.15, 0.2) is 5.82 Å². The number of aromatic nitrogens is 5. The molecule has 0 atom stereocenters. The second-order valence-electron chi connectivity index (χ2n) is 4.64. The van der Waals surface area contributed by atoms with Gasteiger partial charge in [0.1, 0.15) is 11.6 Å². The molecule has 0 radical (unpaired) electrons. The number of anilines is 1. The minimum atomic E-state index is 0.682. The van der Waals surface area contributed by atoms with Crippen LogP contribution >= 0.6 is 0 Å². The summed E-state index contributed by atoms with van der Waals surface area (Å²) in [5, 5.41) is 10.5. The standard InChI is InChI=1S/C14H16N6/c1-9-15-7-11(17-9)8-16-13-6-4-3-5-12(13)14-18-10(2)19-20-14/h3-7,16H,8H2,1-2H3,(H,15,17)(H,18,19,20). The molecule has 6 nitrogen and oxygen atoms in total. The SMILES string of the molecule is Cc1nc(-c2ccccc2NCc2cnc(C)[nH]2)n[nH]1. The number of hydrogen-bond acceptors (Lipinski definition) is 4. The van der Waals surface area contributed by atoms with Crippen LogP contribution in [-0.2, 0) is 6.54 Å². The highest BCUT2D eigenvalue weighted by Gasteiger charge is 2.09. The van der Waals surface area contributed by atoms with Crippen molar-refractivity contribution in [3.8, 4) is 11.4 Å². The fourth-order valence-electron chi connectivity index (χ4n) is 2.05. The molecule has 6 heteroatoms. The van der Waals surface area contributed by atoms with Crippen molar-refractivity contribution in [2.75, 3.05) is 5.32 Å². The van der Waals surface area contributed by atoms with Gasteiger partial charge < -0.3 is 10.3 Å². The molecule has 102 valence electrons. The van der Waals surface area contributed by atoms with Gasteiger partial charge in [-0.25, -0.2) is 9.97 Å². The zero-order chi connectivity index (χ0) is 13.9. The molecular formula is C14H16N6. The smallest absolute Gasteiger partial charge is 0.183 e. The Morgan fingerprint density at radius 1 is 1.15 bits per heavy atom. The fourth-order valence-corrected chi connectivity index (χ4v) is 2.05. The van der Waals surface area contributed by atoms with Gasteiger partial charge in [-0.3, -0.25) is 5.10 Å². The average molecular weight is 268 g/mol. The lowest BCUT2D eigenvalue weighted by Gasteiger charge is -2.08. The van der Waals surface area contributed by atoms with E-state index < -0.39 is 0 Å². The van der Waals surface area contributed by atoms with Crippen LogP contribution in [0.25, 0.3) is 11.4 Å². The predicted molar refractivity (Wildman–Crippen MR) is 77.2 cm³/mol. The summed E-state index contributed by atoms with van der Waals surface area (Å²) >= 11 is 0. The molecule has 0 amide bonds. The molecular weight excluding hydrogens is 252 g/mol. The third kappa shape index (κ3) is 2.54. The summed E-state index contributed by atoms with van der Waals surface area (Å²) in [5.74, 6) is 2.42. The molecule has 0 saturated carbocycles. The van der Waals surface area contributed by atoms with Crippen molar-refractivity contribution >= 4 is 5.69 Å². The number of para-hydroxylation sites is 1. The van der Waals surface area contributed by atoms with Gasteiger partial charge in [0.2, 0.25) is 0 Å². The van der Waals surface area contributed by atoms with E-state index in [1.807, 2.05) is 44.3 Å². The number of benzene rings is 1. The number of hydrogen-bond donors (Lipinski definition) is 3. The van der Waals surface area contributed by atoms with Crippen LogP contribution in [0, 0.1) is 13.8 Å². The Balaban J connectivity index is 1.83. The summed E-state index contributed by atoms with van der Waals surface area (Å²) in [4.78, 5) is 11.8. The number of H-pyrrole nitrogens is 2. The van der Waals surface area contributed by atoms with Crippen LogP contribution in [0.3, 0.4) is 0 Å². The fraction of sp³-hybridized carbons (Fsp3) is 0.214. The van der Waals surface area contributed by atoms with Crippen molar-refractivity contribution in [2.24, 2.45) is 0 Å². The maximum absolute atomic E-state index is 4.37. The molecule has 0 aliphatic heterocycles. The molecule has 0 unspecified atom stereocenters. The lowest BCUT2D eigenvalue weighted by molar-refractivity contribution is 1.04. The molecule has 2 aromatic heterocycles. The third-order valence-electron chi connectivity index (χ3n) is 2.99. The molecule has 3 rings (SSSR count). The Bertz CT molecular complexity index is 712. The first-order valence-electron chi connectivity index (χ1n) is 6.45. The van der Waals surface area contributed by atoms with E-state index in [0.29, 0.717) is 12.4 Å². The highest BCUT2D eigenvalue weighted by molar-refractivity contribution is 5.73. The van der Waals surface area contributed by atoms with E-state index in [1.54, 1.807) is 0 Å². The van der Waals surface area contributed by atoms with Gasteiger partial charge in [-0.15, -0.1) is 0 Å². The van der Waals surface area contributed by atoms with Gasteiger partial charge in [-0.05, 0) is 26.0 Å². The lowest BCUT2D eigenvalue weighted by Crippen LogP contribution is -2.01. The number of rotatable bonds is 4. The molecule has 0 saturated heterocycles. The van der Waals surface area contributed by atoms with Crippen LogP contribution in [0.2, 0.25) is 0 Å². The minimum Gasteiger partial charge on any atom is -0.379 e. The van der Waals surface area contributed by atoms with Crippen LogP contribution in [0.5, 0.6) is 0 Å². The van der Waals surface area contributed by atoms with E-state index in [4.69, 9.17) is 0 Å². The van der Waals surface area contributed by atoms with Gasteiger partial charge in [0.05, 0.1) is 18.4 Å². The first-order chi connectivity index (χ1) is 9.72. The Hall–Kier alpha value is -2.63. The van der Waals surface area contributed by atoms with Crippen LogP contribution in [0.15, 0.2) is 30.5 Å². The van der Waals surface area contributed by atoms with E-state index >= 15 is 0 Å². The van der Waals surface area contributed by atoms with Gasteiger partial charge in [0, 0.05) is 11.3 Å². The second kappa shape index (κ2) is 5.16. The van der Waals surface area contributed by atoms with Gasteiger partial charge in [-0.1, -0.05) is 12.1 Å². The summed E-state index contributed by atoms with van der Waals surface area (Å²) in [5.41, 5.74) is 3.02. The molecule has 0 bridgehead atoms. The minimum absolute atomic E-state index is 0.682. The molecule has 1 aromatic carbocycles. The topological polar surface area (TPSA) is 82.3 Å². The van der Waals surface area contributed by atoms with Crippen LogP contribution in [-0.4, -0.2) is 25.1 Å². The van der Waals surface area contributed by atoms with Crippen molar-refractivity contribution in [1.82, 2.24) is 25.1 Å². The molecule has 0 aliphatic rings. The zero-order valence-corrected chi connectivity index (χ0v) is 11.4. The van der Waals surface area contributed by atoms with E-state index in [1.165, 1.54) is 0 Å². The van der Waals surface area contributed by atoms with E-state index in [2.05, 4.69) is 30.5 Å². The lowest BCUT2D eigenvalue weighted by atomic mass is 10.1. The van der Waals surface area contributed by atoms with Crippen LogP contribution in [0.4, 0.5) is 5.69 Å². The van der Waals surface area contributed by atoms with Gasteiger partial charge >= 0.3 is 0 Å². The Kier molecular flexibility index (Phi) is 3.20. The maximum atomic E-state index is 4.37. The van der Waals surface area contributed by atoms with E-state index in [0.717, 1.165) is 28.6 Å². The first-order valence-corrected chi connectivity index (χ1v) is 6.45. The molecule has 2 heterocycles. The highest BCUT2D eigenvalue weighted by atomic mass is 15.2. The average Bonchev–Trinajstić information content (AvgIpc) is 3.06. The van der Waals surface area contributed by atoms with Gasteiger partial charge in [0.25, 0.3) is 0 Å². The number of aromatic amines is 2. The van der Waals surface area contributed by atoms with Crippen LogP contribution < -0.4 is 5.32 Å². The van der Waals surface area contributed by atoms with Crippen molar-refractivity contribution in [2.45, 2.75) is 20.4 Å². The molecule has 3 aromatic rings. The molecule has 0 spiro atoms. The third-order valence-corrected chi connectivity index (χ3v) is 2.99. The number of nitrogens with one attached hydrogen (secondary N) is 3. The quantitative estimate of drug-likeness (QED) is 0.678. The highest BCUT2D eigenvalue weighted by Crippen LogP contribution is 2.25. The van der Waals surface area contributed by atoms with Crippen molar-refractivity contribution in [3.05, 3.63) is 47.8 Å². The summed E-state index contributed by atoms with van der Waals surface area (Å²) in [7, 11) is 0. The zero-order valence-electron chi connectivity index (χ0n) is 11.4. The Labute approximate surface area is 116 Å². The van der Waals surface area contributed by atoms with Crippen molar-refractivity contribution in [3.63, 3.8) is 0 Å². The van der Waals surface area contributed by atoms with Crippen molar-refractivity contribution < 1.29 is 0 Å². The number of imidazole rings is 1. The second-order valence-corrected chi connectivity index (χ2v) is 4.64. The predicted octanol–water partition coefficient (Wildman–Crippen LogP) is 2.42. The Morgan fingerprint density at radius 2 is 2.00 bits per heavy atom. The Morgan fingerprint density at radius 3 is 2.70 bits per heavy atom. The van der Waals surface area contributed by atoms with E-state index in [-0.39, 0.29) is 0 Å². The molecule has 0 aliphatic carbocycles. The summed E-state index contributed by atoms with van der Waals surface area (Å²) in [6.45, 7) is 4.51. The molecule has 3 N–H and O–H groups in total. The number of aryl methyl sites for hydroxylation is 2. The van der Waals surface area contributed by atoms with Gasteiger partial charge in [-0.2, -0.15) is 5.10 Å². The monoisotopic (exact) mass is 268 g/mol. The normalized spacial score (nSPS) is 10.7. The summed E-state index contributed by atoms with van der Waals surface area (Å²) < 4.78 is 0. The molecule has 20 heavy (non-hydrogen) atoms. The summed E-state index contributed by atoms with van der Waals surface area (Å²) in [6, 6.07) is 7.99. The number of nitrogens with zero attached hydrogens (tertiary/aromatic N) is 3. The summed E-state index contributed by atoms with van der Waals surface area (Å²) in [6.07, 6.45) is 1.84. The van der Waals surface area contributed by atoms with Crippen molar-refractivity contribution in [1.29, 1.82) is 0 Å². The largest absolute Gasteiger partial charge is 0.379 e. The van der Waals surface area contributed by atoms with E-state index in [9.17, 15) is 0 Å². The molecule has 0 fully saturated rings. The maximum Gasteiger partial charge on any atom is 0.183 e. The van der Waals surface area contributed by atoms with Crippen LogP contribution in [0.1, 0.15) is 17.3 Å². The first kappa shape index (κ1) is 12.4.